The van der Waals surface area contributed by atoms with Crippen molar-refractivity contribution >= 4 is 26.8 Å². The van der Waals surface area contributed by atoms with E-state index < -0.39 is 0 Å². The third kappa shape index (κ3) is 2.48. The highest BCUT2D eigenvalue weighted by molar-refractivity contribution is 9.09. The maximum atomic E-state index is 5.70. The van der Waals surface area contributed by atoms with Crippen LogP contribution in [0.1, 0.15) is 6.92 Å². The fourth-order valence-corrected chi connectivity index (χ4v) is 1.52. The second kappa shape index (κ2) is 4.62. The Bertz CT molecular complexity index is 458. The second-order valence-corrected chi connectivity index (χ2v) is 4.09. The third-order valence-corrected chi connectivity index (χ3v) is 3.04. The Morgan fingerprint density at radius 2 is 2.27 bits per heavy atom. The molecule has 0 fully saturated rings. The number of hydrogen-bond acceptors (Lipinski definition) is 2. The average Bonchev–Trinajstić information content (AvgIpc) is 2.29. The molecule has 0 saturated heterocycles. The van der Waals surface area contributed by atoms with E-state index in [0.717, 1.165) is 22.0 Å². The fourth-order valence-electron chi connectivity index (χ4n) is 1.39. The normalized spacial score (nSPS) is 12.7. The highest BCUT2D eigenvalue weighted by atomic mass is 79.9. The number of nitrogens with zero attached hydrogens (tertiary/aromatic N) is 1. The van der Waals surface area contributed by atoms with E-state index in [9.17, 15) is 0 Å². The van der Waals surface area contributed by atoms with Crippen LogP contribution in [-0.4, -0.2) is 16.4 Å². The SMILES string of the molecule is CC(CBr)Oc1ccc2ncccc2c1. The lowest BCUT2D eigenvalue weighted by Crippen LogP contribution is -2.12. The molecule has 1 atom stereocenters. The second-order valence-electron chi connectivity index (χ2n) is 3.44. The monoisotopic (exact) mass is 265 g/mol. The summed E-state index contributed by atoms with van der Waals surface area (Å²) < 4.78 is 5.70. The number of alkyl halides is 1. The van der Waals surface area contributed by atoms with Crippen LogP contribution in [0.4, 0.5) is 0 Å². The fraction of sp³-hybridized carbons (Fsp3) is 0.250. The van der Waals surface area contributed by atoms with Gasteiger partial charge in [-0.1, -0.05) is 22.0 Å². The first-order valence-corrected chi connectivity index (χ1v) is 5.99. The molecule has 78 valence electrons. The number of hydrogen-bond donors (Lipinski definition) is 0. The smallest absolute Gasteiger partial charge is 0.120 e. The van der Waals surface area contributed by atoms with Gasteiger partial charge in [0.25, 0.3) is 0 Å². The zero-order valence-corrected chi connectivity index (χ0v) is 10.1. The molecule has 0 amide bonds. The molecule has 0 aliphatic rings. The molecule has 0 N–H and O–H groups in total. The lowest BCUT2D eigenvalue weighted by molar-refractivity contribution is 0.248. The summed E-state index contributed by atoms with van der Waals surface area (Å²) in [6.45, 7) is 2.03. The van der Waals surface area contributed by atoms with Gasteiger partial charge in [0, 0.05) is 16.9 Å². The van der Waals surface area contributed by atoms with Crippen LogP contribution >= 0.6 is 15.9 Å². The van der Waals surface area contributed by atoms with Crippen molar-refractivity contribution in [1.29, 1.82) is 0 Å². The Morgan fingerprint density at radius 1 is 1.40 bits per heavy atom. The van der Waals surface area contributed by atoms with Crippen molar-refractivity contribution in [3.63, 3.8) is 0 Å². The van der Waals surface area contributed by atoms with E-state index in [4.69, 9.17) is 4.74 Å². The first kappa shape index (κ1) is 10.4. The van der Waals surface area contributed by atoms with Crippen LogP contribution in [0.3, 0.4) is 0 Å². The predicted octanol–water partition coefficient (Wildman–Crippen LogP) is 3.40. The molecule has 0 aliphatic heterocycles. The molecule has 1 aromatic carbocycles. The highest BCUT2D eigenvalue weighted by Gasteiger charge is 2.02. The molecule has 0 spiro atoms. The molecule has 2 rings (SSSR count). The van der Waals surface area contributed by atoms with Crippen molar-refractivity contribution in [1.82, 2.24) is 4.98 Å². The number of benzene rings is 1. The first-order chi connectivity index (χ1) is 7.29. The van der Waals surface area contributed by atoms with Crippen molar-refractivity contribution in [2.24, 2.45) is 0 Å². The van der Waals surface area contributed by atoms with Crippen LogP contribution in [0.25, 0.3) is 10.9 Å². The molecule has 15 heavy (non-hydrogen) atoms. The van der Waals surface area contributed by atoms with Gasteiger partial charge in [0.1, 0.15) is 11.9 Å². The van der Waals surface area contributed by atoms with Gasteiger partial charge in [-0.2, -0.15) is 0 Å². The van der Waals surface area contributed by atoms with Gasteiger partial charge < -0.3 is 4.74 Å². The van der Waals surface area contributed by atoms with Gasteiger partial charge in [0.2, 0.25) is 0 Å². The number of halogens is 1. The zero-order chi connectivity index (χ0) is 10.7. The lowest BCUT2D eigenvalue weighted by atomic mass is 10.2. The maximum absolute atomic E-state index is 5.70. The number of pyridine rings is 1. The minimum Gasteiger partial charge on any atom is -0.490 e. The van der Waals surface area contributed by atoms with Crippen molar-refractivity contribution in [3.8, 4) is 5.75 Å². The summed E-state index contributed by atoms with van der Waals surface area (Å²) in [5.41, 5.74) is 0.997. The summed E-state index contributed by atoms with van der Waals surface area (Å²) >= 11 is 3.38. The topological polar surface area (TPSA) is 22.1 Å². The van der Waals surface area contributed by atoms with Gasteiger partial charge in [-0.3, -0.25) is 4.98 Å². The number of ether oxygens (including phenoxy) is 1. The van der Waals surface area contributed by atoms with E-state index >= 15 is 0 Å². The van der Waals surface area contributed by atoms with E-state index in [1.165, 1.54) is 0 Å². The molecule has 0 bridgehead atoms. The van der Waals surface area contributed by atoms with Crippen LogP contribution in [0, 0.1) is 0 Å². The van der Waals surface area contributed by atoms with Gasteiger partial charge in [0.05, 0.1) is 5.52 Å². The first-order valence-electron chi connectivity index (χ1n) is 4.87. The molecule has 0 saturated carbocycles. The van der Waals surface area contributed by atoms with Crippen molar-refractivity contribution in [3.05, 3.63) is 36.5 Å². The van der Waals surface area contributed by atoms with Crippen LogP contribution in [0.15, 0.2) is 36.5 Å². The van der Waals surface area contributed by atoms with Gasteiger partial charge in [-0.05, 0) is 31.2 Å². The number of rotatable bonds is 3. The largest absolute Gasteiger partial charge is 0.490 e. The van der Waals surface area contributed by atoms with Gasteiger partial charge in [-0.15, -0.1) is 0 Å². The van der Waals surface area contributed by atoms with Gasteiger partial charge >= 0.3 is 0 Å². The summed E-state index contributed by atoms with van der Waals surface area (Å²) in [4.78, 5) is 4.26. The van der Waals surface area contributed by atoms with E-state index in [1.807, 2.05) is 37.3 Å². The minimum atomic E-state index is 0.180. The van der Waals surface area contributed by atoms with Crippen molar-refractivity contribution in [2.45, 2.75) is 13.0 Å². The predicted molar refractivity (Wildman–Crippen MR) is 65.6 cm³/mol. The summed E-state index contributed by atoms with van der Waals surface area (Å²) in [5, 5.41) is 1.94. The Kier molecular flexibility index (Phi) is 3.21. The lowest BCUT2D eigenvalue weighted by Gasteiger charge is -2.11. The van der Waals surface area contributed by atoms with Crippen molar-refractivity contribution in [2.75, 3.05) is 5.33 Å². The molecule has 1 aromatic heterocycles. The molecule has 1 heterocycles. The average molecular weight is 266 g/mol. The molecule has 0 aliphatic carbocycles. The maximum Gasteiger partial charge on any atom is 0.120 e. The zero-order valence-electron chi connectivity index (χ0n) is 8.48. The standard InChI is InChI=1S/C12H12BrNO/c1-9(8-13)15-11-4-5-12-10(7-11)3-2-6-14-12/h2-7,9H,8H2,1H3. The van der Waals surface area contributed by atoms with Crippen LogP contribution < -0.4 is 4.74 Å². The molecular formula is C12H12BrNO. The third-order valence-electron chi connectivity index (χ3n) is 2.13. The molecule has 2 nitrogen and oxygen atoms in total. The Labute approximate surface area is 97.4 Å². The van der Waals surface area contributed by atoms with Gasteiger partial charge in [-0.25, -0.2) is 0 Å². The van der Waals surface area contributed by atoms with E-state index in [2.05, 4.69) is 20.9 Å². The Morgan fingerprint density at radius 3 is 3.07 bits per heavy atom. The molecule has 2 aromatic rings. The summed E-state index contributed by atoms with van der Waals surface area (Å²) in [5.74, 6) is 0.891. The van der Waals surface area contributed by atoms with E-state index in [1.54, 1.807) is 6.20 Å². The summed E-state index contributed by atoms with van der Waals surface area (Å²) in [6, 6.07) is 9.91. The van der Waals surface area contributed by atoms with Crippen LogP contribution in [0.2, 0.25) is 0 Å². The number of fused-ring (bicyclic) bond motifs is 1. The minimum absolute atomic E-state index is 0.180. The molecule has 1 unspecified atom stereocenters. The van der Waals surface area contributed by atoms with E-state index in [0.29, 0.717) is 0 Å². The van der Waals surface area contributed by atoms with Crippen LogP contribution in [-0.2, 0) is 0 Å². The van der Waals surface area contributed by atoms with Crippen LogP contribution in [0.5, 0.6) is 5.75 Å². The Balaban J connectivity index is 2.30. The summed E-state index contributed by atoms with van der Waals surface area (Å²) in [7, 11) is 0. The quantitative estimate of drug-likeness (QED) is 0.794. The number of aromatic nitrogens is 1. The highest BCUT2D eigenvalue weighted by Crippen LogP contribution is 2.20. The molecule has 0 radical (unpaired) electrons. The molecular weight excluding hydrogens is 254 g/mol. The summed E-state index contributed by atoms with van der Waals surface area (Å²) in [6.07, 6.45) is 1.98. The van der Waals surface area contributed by atoms with Gasteiger partial charge in [0.15, 0.2) is 0 Å². The Hall–Kier alpha value is -1.09. The van der Waals surface area contributed by atoms with Crippen molar-refractivity contribution < 1.29 is 4.74 Å². The molecule has 3 heteroatoms. The van der Waals surface area contributed by atoms with E-state index in [-0.39, 0.29) is 6.10 Å².